The molecule has 0 radical (unpaired) electrons. The maximum atomic E-state index is 11.4. The zero-order chi connectivity index (χ0) is 11.9. The molecule has 2 atom stereocenters. The Hall–Kier alpha value is -1.59. The van der Waals surface area contributed by atoms with Crippen molar-refractivity contribution in [3.63, 3.8) is 0 Å². The highest BCUT2D eigenvalue weighted by atomic mass is 35.5. The van der Waals surface area contributed by atoms with Gasteiger partial charge in [-0.3, -0.25) is 4.79 Å². The molecule has 84 valence electrons. The summed E-state index contributed by atoms with van der Waals surface area (Å²) in [5.74, 6) is -1.82. The van der Waals surface area contributed by atoms with Gasteiger partial charge in [0.25, 0.3) is 0 Å². The van der Waals surface area contributed by atoms with Crippen LogP contribution in [0.4, 0.5) is 0 Å². The summed E-state index contributed by atoms with van der Waals surface area (Å²) in [7, 11) is 0. The lowest BCUT2D eigenvalue weighted by molar-refractivity contribution is -0.141. The number of carbonyl (C=O) groups excluding carboxylic acids is 1. The van der Waals surface area contributed by atoms with Gasteiger partial charge in [0, 0.05) is 10.6 Å². The normalized spacial score (nSPS) is 20.1. The van der Waals surface area contributed by atoms with E-state index in [2.05, 4.69) is 0 Å². The van der Waals surface area contributed by atoms with Crippen molar-refractivity contribution in [3.05, 3.63) is 34.3 Å². The van der Waals surface area contributed by atoms with E-state index in [4.69, 9.17) is 27.2 Å². The van der Waals surface area contributed by atoms with Crippen LogP contribution in [0.5, 0.6) is 0 Å². The number of fused-ring (bicyclic) bond motifs is 1. The number of halogens is 1. The Labute approximate surface area is 95.8 Å². The van der Waals surface area contributed by atoms with Crippen molar-refractivity contribution >= 4 is 23.5 Å². The van der Waals surface area contributed by atoms with Crippen LogP contribution in [0, 0.1) is 0 Å². The van der Waals surface area contributed by atoms with Gasteiger partial charge in [-0.25, -0.2) is 4.79 Å². The van der Waals surface area contributed by atoms with E-state index in [9.17, 15) is 9.59 Å². The first-order valence-corrected chi connectivity index (χ1v) is 4.87. The molecule has 16 heavy (non-hydrogen) atoms. The Morgan fingerprint density at radius 1 is 1.56 bits per heavy atom. The van der Waals surface area contributed by atoms with Gasteiger partial charge in [-0.1, -0.05) is 17.7 Å². The third-order valence-corrected chi connectivity index (χ3v) is 2.62. The lowest BCUT2D eigenvalue weighted by Crippen LogP contribution is -2.36. The standard InChI is InChI=1S/C10H8ClNO4/c11-4-1-2-5-6(3-4)10(15)16-8(5)7(12)9(13)14/h1-3,7-8H,12H2,(H,13,14). The third kappa shape index (κ3) is 1.64. The second-order valence-electron chi connectivity index (χ2n) is 3.42. The second-order valence-corrected chi connectivity index (χ2v) is 3.86. The van der Waals surface area contributed by atoms with E-state index in [0.717, 1.165) is 0 Å². The van der Waals surface area contributed by atoms with Crippen LogP contribution in [0.2, 0.25) is 5.02 Å². The Bertz CT molecular complexity index is 474. The molecule has 6 heteroatoms. The van der Waals surface area contributed by atoms with Crippen molar-refractivity contribution in [1.82, 2.24) is 0 Å². The minimum atomic E-state index is -1.27. The number of carboxylic acids is 1. The van der Waals surface area contributed by atoms with Crippen molar-refractivity contribution in [2.24, 2.45) is 5.73 Å². The molecule has 0 aromatic heterocycles. The molecule has 1 heterocycles. The highest BCUT2D eigenvalue weighted by Crippen LogP contribution is 2.33. The molecule has 0 saturated carbocycles. The zero-order valence-corrected chi connectivity index (χ0v) is 8.77. The predicted octanol–water partition coefficient (Wildman–Crippen LogP) is 0.963. The van der Waals surface area contributed by atoms with Gasteiger partial charge in [-0.2, -0.15) is 0 Å². The van der Waals surface area contributed by atoms with Gasteiger partial charge < -0.3 is 15.6 Å². The number of ether oxygens (including phenoxy) is 1. The lowest BCUT2D eigenvalue weighted by Gasteiger charge is -2.14. The first-order valence-electron chi connectivity index (χ1n) is 4.49. The Balaban J connectivity index is 2.43. The molecule has 3 N–H and O–H groups in total. The molecule has 5 nitrogen and oxygen atoms in total. The van der Waals surface area contributed by atoms with Crippen molar-refractivity contribution in [2.45, 2.75) is 12.1 Å². The molecular weight excluding hydrogens is 234 g/mol. The highest BCUT2D eigenvalue weighted by molar-refractivity contribution is 6.31. The van der Waals surface area contributed by atoms with Crippen LogP contribution in [0.15, 0.2) is 18.2 Å². The van der Waals surface area contributed by atoms with Crippen molar-refractivity contribution in [2.75, 3.05) is 0 Å². The summed E-state index contributed by atoms with van der Waals surface area (Å²) < 4.78 is 4.91. The molecule has 2 rings (SSSR count). The fourth-order valence-electron chi connectivity index (χ4n) is 1.59. The Kier molecular flexibility index (Phi) is 2.57. The van der Waals surface area contributed by atoms with Gasteiger partial charge in [-0.05, 0) is 12.1 Å². The van der Waals surface area contributed by atoms with E-state index in [1.807, 2.05) is 0 Å². The largest absolute Gasteiger partial charge is 0.480 e. The summed E-state index contributed by atoms with van der Waals surface area (Å²) in [5.41, 5.74) is 6.16. The van der Waals surface area contributed by atoms with Gasteiger partial charge in [0.1, 0.15) is 6.04 Å². The van der Waals surface area contributed by atoms with Gasteiger partial charge >= 0.3 is 11.9 Å². The molecule has 0 bridgehead atoms. The van der Waals surface area contributed by atoms with E-state index < -0.39 is 24.1 Å². The molecule has 0 amide bonds. The fourth-order valence-corrected chi connectivity index (χ4v) is 1.76. The number of hydrogen-bond acceptors (Lipinski definition) is 4. The molecule has 1 aliphatic rings. The molecule has 1 aromatic rings. The number of aliphatic carboxylic acids is 1. The Morgan fingerprint density at radius 2 is 2.25 bits per heavy atom. The maximum Gasteiger partial charge on any atom is 0.339 e. The molecule has 0 aliphatic carbocycles. The summed E-state index contributed by atoms with van der Waals surface area (Å²) >= 11 is 5.72. The number of esters is 1. The fraction of sp³-hybridized carbons (Fsp3) is 0.200. The van der Waals surface area contributed by atoms with Crippen LogP contribution in [-0.4, -0.2) is 23.1 Å². The quantitative estimate of drug-likeness (QED) is 0.753. The van der Waals surface area contributed by atoms with Crippen LogP contribution >= 0.6 is 11.6 Å². The minimum Gasteiger partial charge on any atom is -0.480 e. The maximum absolute atomic E-state index is 11.4. The average Bonchev–Trinajstić information content (AvgIpc) is 2.55. The zero-order valence-electron chi connectivity index (χ0n) is 8.01. The van der Waals surface area contributed by atoms with Crippen LogP contribution in [-0.2, 0) is 9.53 Å². The number of rotatable bonds is 2. The number of cyclic esters (lactones) is 1. The van der Waals surface area contributed by atoms with E-state index in [-0.39, 0.29) is 5.56 Å². The van der Waals surface area contributed by atoms with Gasteiger partial charge in [0.2, 0.25) is 0 Å². The molecule has 0 spiro atoms. The molecular formula is C10H8ClNO4. The summed E-state index contributed by atoms with van der Waals surface area (Å²) in [6, 6.07) is 3.28. The predicted molar refractivity (Wildman–Crippen MR) is 55.2 cm³/mol. The van der Waals surface area contributed by atoms with Crippen molar-refractivity contribution in [1.29, 1.82) is 0 Å². The topological polar surface area (TPSA) is 89.6 Å². The van der Waals surface area contributed by atoms with Crippen LogP contribution in [0.1, 0.15) is 22.0 Å². The van der Waals surface area contributed by atoms with Crippen molar-refractivity contribution < 1.29 is 19.4 Å². The molecule has 1 aliphatic heterocycles. The summed E-state index contributed by atoms with van der Waals surface area (Å²) in [6.45, 7) is 0. The molecule has 0 fully saturated rings. The monoisotopic (exact) mass is 241 g/mol. The van der Waals surface area contributed by atoms with Crippen LogP contribution in [0.25, 0.3) is 0 Å². The summed E-state index contributed by atoms with van der Waals surface area (Å²) in [4.78, 5) is 22.2. The second kappa shape index (κ2) is 3.77. The van der Waals surface area contributed by atoms with Gasteiger partial charge in [-0.15, -0.1) is 0 Å². The third-order valence-electron chi connectivity index (χ3n) is 2.39. The summed E-state index contributed by atoms with van der Waals surface area (Å²) in [5, 5.41) is 9.16. The number of hydrogen-bond donors (Lipinski definition) is 2. The van der Waals surface area contributed by atoms with E-state index in [1.165, 1.54) is 6.07 Å². The van der Waals surface area contributed by atoms with Crippen molar-refractivity contribution in [3.8, 4) is 0 Å². The number of carboxylic acid groups (broad SMARTS) is 1. The SMILES string of the molecule is NC(C(=O)O)C1OC(=O)c2cc(Cl)ccc21. The lowest BCUT2D eigenvalue weighted by atomic mass is 10.0. The first-order chi connectivity index (χ1) is 7.50. The highest BCUT2D eigenvalue weighted by Gasteiger charge is 2.38. The van der Waals surface area contributed by atoms with E-state index in [0.29, 0.717) is 10.6 Å². The van der Waals surface area contributed by atoms with E-state index >= 15 is 0 Å². The average molecular weight is 242 g/mol. The van der Waals surface area contributed by atoms with Crippen LogP contribution in [0.3, 0.4) is 0 Å². The number of nitrogens with two attached hydrogens (primary N) is 1. The van der Waals surface area contributed by atoms with Crippen LogP contribution < -0.4 is 5.73 Å². The minimum absolute atomic E-state index is 0.272. The molecule has 0 saturated heterocycles. The van der Waals surface area contributed by atoms with E-state index in [1.54, 1.807) is 12.1 Å². The number of carbonyl (C=O) groups is 2. The Morgan fingerprint density at radius 3 is 2.88 bits per heavy atom. The first kappa shape index (κ1) is 10.9. The summed E-state index contributed by atoms with van der Waals surface area (Å²) in [6.07, 6.45) is -0.947. The smallest absolute Gasteiger partial charge is 0.339 e. The molecule has 2 unspecified atom stereocenters. The van der Waals surface area contributed by atoms with Gasteiger partial charge in [0.05, 0.1) is 5.56 Å². The number of benzene rings is 1. The molecule has 1 aromatic carbocycles. The van der Waals surface area contributed by atoms with Gasteiger partial charge in [0.15, 0.2) is 6.10 Å².